The number of nitrogens with zero attached hydrogens (tertiary/aromatic N) is 1. The molecule has 5 nitrogen and oxygen atoms in total. The van der Waals surface area contributed by atoms with Gasteiger partial charge in [0.15, 0.2) is 0 Å². The van der Waals surface area contributed by atoms with Gasteiger partial charge in [-0.05, 0) is 32.3 Å². The average molecular weight is 237 g/mol. The Bertz CT molecular complexity index is 408. The molecular weight excluding hydrogens is 218 g/mol. The van der Waals surface area contributed by atoms with E-state index in [1.807, 2.05) is 10.8 Å². The standard InChI is InChI=1S/C12H19N3O2/c1-8(16)4-5-14-12(17)11-6-9(13)7-15(11)10-2-3-10/h6-8,10,16H,2-5,13H2,1H3,(H,14,17). The highest BCUT2D eigenvalue weighted by Gasteiger charge is 2.27. The van der Waals surface area contributed by atoms with Gasteiger partial charge in [-0.3, -0.25) is 4.79 Å². The fraction of sp³-hybridized carbons (Fsp3) is 0.583. The van der Waals surface area contributed by atoms with Crippen LogP contribution in [-0.2, 0) is 0 Å². The van der Waals surface area contributed by atoms with Crippen LogP contribution in [0.15, 0.2) is 12.3 Å². The van der Waals surface area contributed by atoms with Crippen molar-refractivity contribution in [3.05, 3.63) is 18.0 Å². The molecule has 1 unspecified atom stereocenters. The Morgan fingerprint density at radius 1 is 1.71 bits per heavy atom. The minimum atomic E-state index is -0.393. The summed E-state index contributed by atoms with van der Waals surface area (Å²) in [6.45, 7) is 2.18. The molecule has 4 N–H and O–H groups in total. The van der Waals surface area contributed by atoms with Crippen molar-refractivity contribution >= 4 is 11.6 Å². The highest BCUT2D eigenvalue weighted by Crippen LogP contribution is 2.37. The van der Waals surface area contributed by atoms with Gasteiger partial charge in [0.05, 0.1) is 11.8 Å². The van der Waals surface area contributed by atoms with Crippen molar-refractivity contribution in [2.24, 2.45) is 0 Å². The Balaban J connectivity index is 1.98. The molecular formula is C12H19N3O2. The molecule has 0 saturated heterocycles. The minimum absolute atomic E-state index is 0.116. The van der Waals surface area contributed by atoms with Crippen LogP contribution in [-0.4, -0.2) is 28.2 Å². The Labute approximate surface area is 101 Å². The van der Waals surface area contributed by atoms with E-state index in [1.165, 1.54) is 0 Å². The highest BCUT2D eigenvalue weighted by molar-refractivity contribution is 5.93. The lowest BCUT2D eigenvalue weighted by Crippen LogP contribution is -2.28. The van der Waals surface area contributed by atoms with Crippen LogP contribution in [0.1, 0.15) is 42.7 Å². The second kappa shape index (κ2) is 4.79. The maximum atomic E-state index is 11.9. The van der Waals surface area contributed by atoms with Gasteiger partial charge in [0.2, 0.25) is 0 Å². The molecule has 0 aromatic carbocycles. The van der Waals surface area contributed by atoms with Crippen LogP contribution in [0, 0.1) is 0 Å². The average Bonchev–Trinajstić information content (AvgIpc) is 3.01. The summed E-state index contributed by atoms with van der Waals surface area (Å²) in [6, 6.07) is 2.14. The zero-order valence-corrected chi connectivity index (χ0v) is 10.0. The number of carbonyl (C=O) groups is 1. The third-order valence-electron chi connectivity index (χ3n) is 2.89. The number of rotatable bonds is 5. The van der Waals surface area contributed by atoms with E-state index in [2.05, 4.69) is 5.32 Å². The van der Waals surface area contributed by atoms with Crippen LogP contribution in [0.5, 0.6) is 0 Å². The van der Waals surface area contributed by atoms with Gasteiger partial charge < -0.3 is 20.7 Å². The smallest absolute Gasteiger partial charge is 0.267 e. The van der Waals surface area contributed by atoms with Crippen LogP contribution < -0.4 is 11.1 Å². The number of hydrogen-bond donors (Lipinski definition) is 3. The van der Waals surface area contributed by atoms with Gasteiger partial charge in [0.1, 0.15) is 5.69 Å². The second-order valence-corrected chi connectivity index (χ2v) is 4.69. The summed E-state index contributed by atoms with van der Waals surface area (Å²) in [5.74, 6) is -0.116. The van der Waals surface area contributed by atoms with Crippen molar-refractivity contribution in [3.63, 3.8) is 0 Å². The van der Waals surface area contributed by atoms with Gasteiger partial charge in [-0.2, -0.15) is 0 Å². The van der Waals surface area contributed by atoms with Gasteiger partial charge in [-0.25, -0.2) is 0 Å². The fourth-order valence-corrected chi connectivity index (χ4v) is 1.82. The monoisotopic (exact) mass is 237 g/mol. The van der Waals surface area contributed by atoms with E-state index in [9.17, 15) is 4.79 Å². The normalized spacial score (nSPS) is 16.8. The zero-order chi connectivity index (χ0) is 12.4. The molecule has 1 aromatic heterocycles. The third-order valence-corrected chi connectivity index (χ3v) is 2.89. The molecule has 1 atom stereocenters. The summed E-state index contributed by atoms with van der Waals surface area (Å²) in [5, 5.41) is 11.9. The van der Waals surface area contributed by atoms with Gasteiger partial charge >= 0.3 is 0 Å². The first-order valence-corrected chi connectivity index (χ1v) is 6.01. The molecule has 1 amide bonds. The maximum absolute atomic E-state index is 11.9. The largest absolute Gasteiger partial charge is 0.397 e. The van der Waals surface area contributed by atoms with Crippen LogP contribution in [0.2, 0.25) is 0 Å². The Hall–Kier alpha value is -1.49. The molecule has 17 heavy (non-hydrogen) atoms. The molecule has 1 saturated carbocycles. The van der Waals surface area contributed by atoms with Crippen LogP contribution in [0.25, 0.3) is 0 Å². The SMILES string of the molecule is CC(O)CCNC(=O)c1cc(N)cn1C1CC1. The van der Waals surface area contributed by atoms with Gasteiger partial charge in [0.25, 0.3) is 5.91 Å². The van der Waals surface area contributed by atoms with Crippen molar-refractivity contribution in [1.29, 1.82) is 0 Å². The van der Waals surface area contributed by atoms with Crippen LogP contribution >= 0.6 is 0 Å². The number of nitrogens with two attached hydrogens (primary N) is 1. The summed E-state index contributed by atoms with van der Waals surface area (Å²) >= 11 is 0. The van der Waals surface area contributed by atoms with Gasteiger partial charge in [-0.15, -0.1) is 0 Å². The summed E-state index contributed by atoms with van der Waals surface area (Å²) in [5.41, 5.74) is 6.96. The molecule has 0 bridgehead atoms. The third kappa shape index (κ3) is 3.00. The number of aliphatic hydroxyl groups is 1. The molecule has 1 aliphatic rings. The predicted molar refractivity (Wildman–Crippen MR) is 65.7 cm³/mol. The van der Waals surface area contributed by atoms with E-state index >= 15 is 0 Å². The molecule has 94 valence electrons. The molecule has 0 spiro atoms. The van der Waals surface area contributed by atoms with Gasteiger partial charge in [-0.1, -0.05) is 0 Å². The molecule has 2 rings (SSSR count). The molecule has 1 aliphatic carbocycles. The van der Waals surface area contributed by atoms with Crippen molar-refractivity contribution in [2.45, 2.75) is 38.3 Å². The van der Waals surface area contributed by atoms with Crippen molar-refractivity contribution in [3.8, 4) is 0 Å². The molecule has 5 heteroatoms. The number of hydrogen-bond acceptors (Lipinski definition) is 3. The molecule has 1 fully saturated rings. The molecule has 1 heterocycles. The molecule has 1 aromatic rings. The first-order chi connectivity index (χ1) is 8.08. The second-order valence-electron chi connectivity index (χ2n) is 4.69. The fourth-order valence-electron chi connectivity index (χ4n) is 1.82. The quantitative estimate of drug-likeness (QED) is 0.712. The van der Waals surface area contributed by atoms with Crippen LogP contribution in [0.4, 0.5) is 5.69 Å². The van der Waals surface area contributed by atoms with E-state index < -0.39 is 6.10 Å². The Morgan fingerprint density at radius 3 is 3.00 bits per heavy atom. The zero-order valence-electron chi connectivity index (χ0n) is 10.0. The number of carbonyl (C=O) groups excluding carboxylic acids is 1. The van der Waals surface area contributed by atoms with Crippen molar-refractivity contribution in [2.75, 3.05) is 12.3 Å². The van der Waals surface area contributed by atoms with Crippen molar-refractivity contribution < 1.29 is 9.90 Å². The van der Waals surface area contributed by atoms with Crippen molar-refractivity contribution in [1.82, 2.24) is 9.88 Å². The highest BCUT2D eigenvalue weighted by atomic mass is 16.3. The number of nitrogen functional groups attached to an aromatic ring is 1. The summed E-state index contributed by atoms with van der Waals surface area (Å²) < 4.78 is 1.95. The minimum Gasteiger partial charge on any atom is -0.397 e. The van der Waals surface area contributed by atoms with E-state index in [4.69, 9.17) is 10.8 Å². The summed E-state index contributed by atoms with van der Waals surface area (Å²) in [7, 11) is 0. The first kappa shape index (κ1) is 12.0. The number of aromatic nitrogens is 1. The summed E-state index contributed by atoms with van der Waals surface area (Å²) in [6.07, 6.45) is 4.21. The number of anilines is 1. The first-order valence-electron chi connectivity index (χ1n) is 6.01. The van der Waals surface area contributed by atoms with E-state index in [1.54, 1.807) is 13.0 Å². The number of amides is 1. The Kier molecular flexibility index (Phi) is 3.38. The number of aliphatic hydroxyl groups excluding tert-OH is 1. The number of nitrogens with one attached hydrogen (secondary N) is 1. The Morgan fingerprint density at radius 2 is 2.41 bits per heavy atom. The maximum Gasteiger partial charge on any atom is 0.267 e. The van der Waals surface area contributed by atoms with Gasteiger partial charge in [0, 0.05) is 18.8 Å². The molecule has 0 radical (unpaired) electrons. The van der Waals surface area contributed by atoms with E-state index in [0.29, 0.717) is 30.4 Å². The lowest BCUT2D eigenvalue weighted by Gasteiger charge is -2.09. The van der Waals surface area contributed by atoms with Crippen LogP contribution in [0.3, 0.4) is 0 Å². The topological polar surface area (TPSA) is 80.3 Å². The predicted octanol–water partition coefficient (Wildman–Crippen LogP) is 0.906. The van der Waals surface area contributed by atoms with E-state index in [0.717, 1.165) is 12.8 Å². The molecule has 0 aliphatic heterocycles. The van der Waals surface area contributed by atoms with E-state index in [-0.39, 0.29) is 5.91 Å². The lowest BCUT2D eigenvalue weighted by atomic mass is 10.3. The summed E-state index contributed by atoms with van der Waals surface area (Å²) in [4.78, 5) is 11.9. The lowest BCUT2D eigenvalue weighted by molar-refractivity contribution is 0.0936.